The van der Waals surface area contributed by atoms with Crippen molar-refractivity contribution in [3.63, 3.8) is 0 Å². The summed E-state index contributed by atoms with van der Waals surface area (Å²) in [7, 11) is -0.964. The molecule has 0 aliphatic carbocycles. The van der Waals surface area contributed by atoms with Crippen LogP contribution in [0.5, 0.6) is 17.2 Å². The number of nitrogens with zero attached hydrogens (tertiary/aromatic N) is 2. The highest BCUT2D eigenvalue weighted by Crippen LogP contribution is 2.28. The fourth-order valence-electron chi connectivity index (χ4n) is 3.69. The molecular formula is C28H33N3O6S. The van der Waals surface area contributed by atoms with Crippen LogP contribution in [0.2, 0.25) is 0 Å². The summed E-state index contributed by atoms with van der Waals surface area (Å²) >= 11 is 0. The van der Waals surface area contributed by atoms with Crippen molar-refractivity contribution in [3.05, 3.63) is 77.9 Å². The number of rotatable bonds is 12. The van der Waals surface area contributed by atoms with Crippen molar-refractivity contribution in [2.24, 2.45) is 5.10 Å². The number of nitrogens with one attached hydrogen (secondary N) is 1. The van der Waals surface area contributed by atoms with Crippen molar-refractivity contribution in [3.8, 4) is 17.2 Å². The van der Waals surface area contributed by atoms with Crippen LogP contribution in [0.4, 0.5) is 5.69 Å². The van der Waals surface area contributed by atoms with Crippen LogP contribution >= 0.6 is 0 Å². The van der Waals surface area contributed by atoms with Gasteiger partial charge >= 0.3 is 0 Å². The minimum Gasteiger partial charge on any atom is -0.494 e. The monoisotopic (exact) mass is 539 g/mol. The number of hydrogen-bond acceptors (Lipinski definition) is 7. The molecule has 0 aliphatic heterocycles. The van der Waals surface area contributed by atoms with Crippen LogP contribution in [0, 0.1) is 6.92 Å². The van der Waals surface area contributed by atoms with E-state index < -0.39 is 22.5 Å². The molecule has 0 fully saturated rings. The highest BCUT2D eigenvalue weighted by atomic mass is 32.2. The number of carbonyl (C=O) groups excluding carboxylic acids is 1. The first-order valence-corrected chi connectivity index (χ1v) is 13.6. The van der Waals surface area contributed by atoms with E-state index in [2.05, 4.69) is 10.5 Å². The number of carbonyl (C=O) groups is 1. The maximum atomic E-state index is 13.6. The average Bonchev–Trinajstić information content (AvgIpc) is 2.92. The fourth-order valence-corrected chi connectivity index (χ4v) is 5.11. The average molecular weight is 540 g/mol. The van der Waals surface area contributed by atoms with Gasteiger partial charge in [-0.3, -0.25) is 9.10 Å². The Kier molecular flexibility index (Phi) is 9.72. The number of anilines is 1. The van der Waals surface area contributed by atoms with Gasteiger partial charge in [0, 0.05) is 5.56 Å². The first kappa shape index (κ1) is 28.5. The number of methoxy groups -OCH3 is 2. The summed E-state index contributed by atoms with van der Waals surface area (Å²) in [4.78, 5) is 13.1. The molecule has 202 valence electrons. The molecule has 3 aromatic rings. The van der Waals surface area contributed by atoms with Gasteiger partial charge in [0.05, 0.1) is 37.1 Å². The molecule has 9 nitrogen and oxygen atoms in total. The van der Waals surface area contributed by atoms with E-state index in [1.165, 1.54) is 19.2 Å². The van der Waals surface area contributed by atoms with Crippen LogP contribution in [0.1, 0.15) is 31.4 Å². The molecule has 0 heterocycles. The number of aryl methyl sites for hydroxylation is 1. The SMILES string of the molecule is CCOc1ccc(N(CC(=O)N/N=C(/CC)c2ccc(OC)c(OC)c2)S(=O)(=O)c2ccc(C)cc2)cc1. The minimum atomic E-state index is -4.05. The lowest BCUT2D eigenvalue weighted by Crippen LogP contribution is -2.39. The van der Waals surface area contributed by atoms with Crippen LogP contribution in [0.3, 0.4) is 0 Å². The van der Waals surface area contributed by atoms with Gasteiger partial charge in [0.15, 0.2) is 11.5 Å². The van der Waals surface area contributed by atoms with Gasteiger partial charge in [-0.15, -0.1) is 0 Å². The Labute approximate surface area is 224 Å². The molecule has 10 heteroatoms. The van der Waals surface area contributed by atoms with E-state index in [9.17, 15) is 13.2 Å². The second kappa shape index (κ2) is 13.0. The van der Waals surface area contributed by atoms with Gasteiger partial charge in [-0.25, -0.2) is 13.8 Å². The highest BCUT2D eigenvalue weighted by molar-refractivity contribution is 7.92. The van der Waals surface area contributed by atoms with Crippen LogP contribution in [-0.2, 0) is 14.8 Å². The van der Waals surface area contributed by atoms with Crippen molar-refractivity contribution in [1.29, 1.82) is 0 Å². The van der Waals surface area contributed by atoms with Crippen molar-refractivity contribution < 1.29 is 27.4 Å². The van der Waals surface area contributed by atoms with Gasteiger partial charge in [-0.2, -0.15) is 5.10 Å². The molecule has 0 saturated carbocycles. The van der Waals surface area contributed by atoms with Crippen molar-refractivity contribution in [2.75, 3.05) is 31.7 Å². The molecule has 38 heavy (non-hydrogen) atoms. The Morgan fingerprint density at radius 1 is 0.921 bits per heavy atom. The lowest BCUT2D eigenvalue weighted by Gasteiger charge is -2.24. The maximum Gasteiger partial charge on any atom is 0.264 e. The second-order valence-electron chi connectivity index (χ2n) is 8.27. The molecule has 0 spiro atoms. The molecule has 0 saturated heterocycles. The number of amides is 1. The quantitative estimate of drug-likeness (QED) is 0.268. The summed E-state index contributed by atoms with van der Waals surface area (Å²) in [6.45, 7) is 5.63. The molecule has 1 N–H and O–H groups in total. The summed E-state index contributed by atoms with van der Waals surface area (Å²) in [6, 6.07) is 18.3. The minimum absolute atomic E-state index is 0.0767. The fraction of sp³-hybridized carbons (Fsp3) is 0.286. The first-order chi connectivity index (χ1) is 18.2. The lowest BCUT2D eigenvalue weighted by molar-refractivity contribution is -0.119. The van der Waals surface area contributed by atoms with Gasteiger partial charge in [0.2, 0.25) is 0 Å². The van der Waals surface area contributed by atoms with Gasteiger partial charge in [0.25, 0.3) is 15.9 Å². The molecule has 0 atom stereocenters. The Bertz CT molecular complexity index is 1370. The van der Waals surface area contributed by atoms with Gasteiger partial charge < -0.3 is 14.2 Å². The summed E-state index contributed by atoms with van der Waals surface area (Å²) in [5.41, 5.74) is 5.08. The highest BCUT2D eigenvalue weighted by Gasteiger charge is 2.27. The van der Waals surface area contributed by atoms with E-state index in [-0.39, 0.29) is 4.90 Å². The Hall–Kier alpha value is -4.05. The summed E-state index contributed by atoms with van der Waals surface area (Å²) in [5.74, 6) is 1.10. The molecule has 1 amide bonds. The zero-order valence-electron chi connectivity index (χ0n) is 22.2. The second-order valence-corrected chi connectivity index (χ2v) is 10.1. The smallest absolute Gasteiger partial charge is 0.264 e. The number of hydrogen-bond donors (Lipinski definition) is 1. The number of hydrazone groups is 1. The third-order valence-corrected chi connectivity index (χ3v) is 7.49. The summed E-state index contributed by atoms with van der Waals surface area (Å²) in [5, 5.41) is 4.27. The Balaban J connectivity index is 1.89. The van der Waals surface area contributed by atoms with Crippen LogP contribution in [-0.4, -0.2) is 47.4 Å². The maximum absolute atomic E-state index is 13.6. The third kappa shape index (κ3) is 6.83. The molecule has 0 aromatic heterocycles. The van der Waals surface area contributed by atoms with E-state index >= 15 is 0 Å². The zero-order valence-corrected chi connectivity index (χ0v) is 23.0. The van der Waals surface area contributed by atoms with E-state index in [0.717, 1.165) is 15.4 Å². The Morgan fingerprint density at radius 3 is 2.16 bits per heavy atom. The van der Waals surface area contributed by atoms with Gasteiger partial charge in [-0.05, 0) is 74.9 Å². The van der Waals surface area contributed by atoms with Crippen molar-refractivity contribution >= 4 is 27.3 Å². The van der Waals surface area contributed by atoms with Crippen LogP contribution in [0.25, 0.3) is 0 Å². The molecular weight excluding hydrogens is 506 g/mol. The molecule has 0 bridgehead atoms. The number of benzene rings is 3. The van der Waals surface area contributed by atoms with Gasteiger partial charge in [-0.1, -0.05) is 24.6 Å². The standard InChI is InChI=1S/C28H33N3O6S/c1-6-25(21-10-17-26(35-4)27(18-21)36-5)29-30-28(32)19-31(22-11-13-23(14-12-22)37-7-2)38(33,34)24-15-8-20(3)9-16-24/h8-18H,6-7,19H2,1-5H3,(H,30,32)/b29-25-. The normalized spacial score (nSPS) is 11.6. The lowest BCUT2D eigenvalue weighted by atomic mass is 10.1. The number of ether oxygens (including phenoxy) is 3. The molecule has 0 unspecified atom stereocenters. The first-order valence-electron chi connectivity index (χ1n) is 12.1. The van der Waals surface area contributed by atoms with Crippen LogP contribution in [0.15, 0.2) is 76.7 Å². The molecule has 0 aliphatic rings. The third-order valence-electron chi connectivity index (χ3n) is 5.70. The van der Waals surface area contributed by atoms with Crippen molar-refractivity contribution in [1.82, 2.24) is 5.43 Å². The number of sulfonamides is 1. The van der Waals surface area contributed by atoms with Crippen molar-refractivity contribution in [2.45, 2.75) is 32.1 Å². The van der Waals surface area contributed by atoms with Gasteiger partial charge in [0.1, 0.15) is 12.3 Å². The van der Waals surface area contributed by atoms with E-state index in [1.807, 2.05) is 26.8 Å². The molecule has 3 rings (SSSR count). The summed E-state index contributed by atoms with van der Waals surface area (Å²) in [6.07, 6.45) is 0.514. The topological polar surface area (TPSA) is 107 Å². The van der Waals surface area contributed by atoms with E-state index in [1.54, 1.807) is 55.6 Å². The Morgan fingerprint density at radius 2 is 1.58 bits per heavy atom. The predicted molar refractivity (Wildman–Crippen MR) is 148 cm³/mol. The zero-order chi connectivity index (χ0) is 27.7. The van der Waals surface area contributed by atoms with E-state index in [0.29, 0.717) is 41.7 Å². The van der Waals surface area contributed by atoms with Crippen LogP contribution < -0.4 is 23.9 Å². The largest absolute Gasteiger partial charge is 0.494 e. The summed E-state index contributed by atoms with van der Waals surface area (Å²) < 4.78 is 44.3. The molecule has 3 aromatic carbocycles. The molecule has 0 radical (unpaired) electrons. The predicted octanol–water partition coefficient (Wildman–Crippen LogP) is 4.54. The van der Waals surface area contributed by atoms with E-state index in [4.69, 9.17) is 14.2 Å².